The van der Waals surface area contributed by atoms with Gasteiger partial charge < -0.3 is 20.1 Å². The van der Waals surface area contributed by atoms with Crippen molar-refractivity contribution in [1.82, 2.24) is 20.1 Å². The smallest absolute Gasteiger partial charge is 0.410 e. The number of aliphatic hydroxyl groups is 1. The third-order valence-electron chi connectivity index (χ3n) is 4.87. The fourth-order valence-corrected chi connectivity index (χ4v) is 3.49. The summed E-state index contributed by atoms with van der Waals surface area (Å²) in [5, 5.41) is 19.9. The Morgan fingerprint density at radius 1 is 1.36 bits per heavy atom. The maximum absolute atomic E-state index is 12.3. The number of aromatic nitrogens is 3. The zero-order chi connectivity index (χ0) is 20.1. The molecule has 0 unspecified atom stereocenters. The number of likely N-dealkylation sites (tertiary alicyclic amines) is 1. The van der Waals surface area contributed by atoms with Crippen molar-refractivity contribution in [3.05, 3.63) is 36.2 Å². The van der Waals surface area contributed by atoms with E-state index in [1.54, 1.807) is 11.1 Å². The fourth-order valence-electron chi connectivity index (χ4n) is 3.49. The topological polar surface area (TPSA) is 103 Å². The monoisotopic (exact) mass is 387 g/mol. The highest BCUT2D eigenvalue weighted by Gasteiger charge is 2.31. The number of aromatic amines is 1. The number of pyridine rings is 1. The van der Waals surface area contributed by atoms with Crippen molar-refractivity contribution >= 4 is 17.7 Å². The fraction of sp³-hybridized carbons (Fsp3) is 0.550. The molecule has 3 N–H and O–H groups in total. The lowest BCUT2D eigenvalue weighted by Crippen LogP contribution is -2.43. The zero-order valence-electron chi connectivity index (χ0n) is 16.7. The summed E-state index contributed by atoms with van der Waals surface area (Å²) in [7, 11) is 0. The number of carbonyl (C=O) groups is 1. The van der Waals surface area contributed by atoms with Gasteiger partial charge in [0.1, 0.15) is 17.2 Å². The van der Waals surface area contributed by atoms with Crippen LogP contribution in [0.25, 0.3) is 0 Å². The molecule has 1 fully saturated rings. The van der Waals surface area contributed by atoms with Crippen LogP contribution in [0.2, 0.25) is 0 Å². The molecular weight excluding hydrogens is 358 g/mol. The van der Waals surface area contributed by atoms with Crippen LogP contribution in [0.1, 0.15) is 45.2 Å². The van der Waals surface area contributed by atoms with E-state index in [1.807, 2.05) is 45.0 Å². The zero-order valence-corrected chi connectivity index (χ0v) is 16.7. The number of ether oxygens (including phenoxy) is 1. The van der Waals surface area contributed by atoms with Crippen molar-refractivity contribution in [3.63, 3.8) is 0 Å². The predicted molar refractivity (Wildman–Crippen MR) is 106 cm³/mol. The van der Waals surface area contributed by atoms with Crippen LogP contribution in [0.5, 0.6) is 0 Å². The van der Waals surface area contributed by atoms with Gasteiger partial charge in [0.15, 0.2) is 0 Å². The summed E-state index contributed by atoms with van der Waals surface area (Å²) in [5.41, 5.74) is 0.357. The first kappa shape index (κ1) is 20.1. The number of amides is 1. The van der Waals surface area contributed by atoms with E-state index in [4.69, 9.17) is 4.74 Å². The summed E-state index contributed by atoms with van der Waals surface area (Å²) in [6.45, 7) is 6.89. The summed E-state index contributed by atoms with van der Waals surface area (Å²) >= 11 is 0. The summed E-state index contributed by atoms with van der Waals surface area (Å²) < 4.78 is 5.46. The standard InChI is InChI=1S/C20H29N5O3/c1-20(2,3)28-19(27)25-11-8-14(9-12-25)15(13-26)16-5-4-6-17(22-16)23-18-7-10-21-24-18/h4-7,10,14-15,26H,8-9,11-13H2,1-3H3,(H2,21,22,23,24)/t15-/m1/s1. The molecule has 0 aromatic carbocycles. The second kappa shape index (κ2) is 8.60. The molecule has 2 aromatic heterocycles. The minimum atomic E-state index is -0.492. The molecule has 152 valence electrons. The Hall–Kier alpha value is -2.61. The lowest BCUT2D eigenvalue weighted by atomic mass is 9.82. The number of nitrogens with zero attached hydrogens (tertiary/aromatic N) is 3. The number of aliphatic hydroxyl groups excluding tert-OH is 1. The largest absolute Gasteiger partial charge is 0.444 e. The number of hydrogen-bond donors (Lipinski definition) is 3. The van der Waals surface area contributed by atoms with E-state index in [2.05, 4.69) is 20.5 Å². The SMILES string of the molecule is CC(C)(C)OC(=O)N1CCC([C@@H](CO)c2cccc(Nc3ccn[nH]3)n2)CC1. The van der Waals surface area contributed by atoms with Gasteiger partial charge in [-0.3, -0.25) is 5.10 Å². The Bertz CT molecular complexity index is 764. The van der Waals surface area contributed by atoms with Gasteiger partial charge in [-0.05, 0) is 51.7 Å². The number of anilines is 2. The summed E-state index contributed by atoms with van der Waals surface area (Å²) in [6, 6.07) is 7.58. The third kappa shape index (κ3) is 5.22. The molecule has 0 radical (unpaired) electrons. The maximum Gasteiger partial charge on any atom is 0.410 e. The van der Waals surface area contributed by atoms with Crippen molar-refractivity contribution in [1.29, 1.82) is 0 Å². The second-order valence-electron chi connectivity index (χ2n) is 8.14. The van der Waals surface area contributed by atoms with Crippen molar-refractivity contribution < 1.29 is 14.6 Å². The van der Waals surface area contributed by atoms with Gasteiger partial charge in [-0.1, -0.05) is 6.07 Å². The number of piperidine rings is 1. The van der Waals surface area contributed by atoms with E-state index in [-0.39, 0.29) is 24.5 Å². The van der Waals surface area contributed by atoms with E-state index >= 15 is 0 Å². The highest BCUT2D eigenvalue weighted by atomic mass is 16.6. The molecule has 2 aromatic rings. The van der Waals surface area contributed by atoms with Crippen molar-refractivity contribution in [2.24, 2.45) is 5.92 Å². The lowest BCUT2D eigenvalue weighted by Gasteiger charge is -2.36. The van der Waals surface area contributed by atoms with Gasteiger partial charge >= 0.3 is 6.09 Å². The first-order valence-electron chi connectivity index (χ1n) is 9.68. The van der Waals surface area contributed by atoms with Gasteiger partial charge in [-0.15, -0.1) is 0 Å². The molecule has 1 amide bonds. The molecule has 1 aliphatic rings. The summed E-state index contributed by atoms with van der Waals surface area (Å²) in [4.78, 5) is 18.7. The van der Waals surface area contributed by atoms with E-state index in [9.17, 15) is 9.90 Å². The Labute approximate surface area is 165 Å². The van der Waals surface area contributed by atoms with Crippen LogP contribution in [0, 0.1) is 5.92 Å². The molecule has 0 saturated carbocycles. The first-order chi connectivity index (χ1) is 13.4. The summed E-state index contributed by atoms with van der Waals surface area (Å²) in [6.07, 6.45) is 3.02. The number of carbonyl (C=O) groups excluding carboxylic acids is 1. The van der Waals surface area contributed by atoms with Crippen LogP contribution in [0.4, 0.5) is 16.4 Å². The lowest BCUT2D eigenvalue weighted by molar-refractivity contribution is 0.0164. The number of hydrogen-bond acceptors (Lipinski definition) is 6. The molecule has 0 spiro atoms. The van der Waals surface area contributed by atoms with Crippen molar-refractivity contribution in [2.45, 2.75) is 45.1 Å². The van der Waals surface area contributed by atoms with E-state index < -0.39 is 5.60 Å². The van der Waals surface area contributed by atoms with E-state index in [1.165, 1.54) is 0 Å². The molecule has 0 bridgehead atoms. The van der Waals surface area contributed by atoms with Crippen LogP contribution < -0.4 is 5.32 Å². The van der Waals surface area contributed by atoms with Gasteiger partial charge in [0.05, 0.1) is 12.8 Å². The highest BCUT2D eigenvalue weighted by Crippen LogP contribution is 2.32. The average molecular weight is 387 g/mol. The van der Waals surface area contributed by atoms with E-state index in [0.717, 1.165) is 24.4 Å². The molecular formula is C20H29N5O3. The molecule has 3 heterocycles. The third-order valence-corrected chi connectivity index (χ3v) is 4.87. The van der Waals surface area contributed by atoms with Crippen LogP contribution in [-0.2, 0) is 4.74 Å². The van der Waals surface area contributed by atoms with Crippen LogP contribution in [0.15, 0.2) is 30.5 Å². The summed E-state index contributed by atoms with van der Waals surface area (Å²) in [5.74, 6) is 1.66. The molecule has 8 nitrogen and oxygen atoms in total. The molecule has 8 heteroatoms. The molecule has 1 atom stereocenters. The average Bonchev–Trinajstić information content (AvgIpc) is 3.15. The van der Waals surface area contributed by atoms with Gasteiger partial charge in [0, 0.05) is 30.8 Å². The molecule has 1 saturated heterocycles. The molecule has 28 heavy (non-hydrogen) atoms. The minimum absolute atomic E-state index is 0.0254. The second-order valence-corrected chi connectivity index (χ2v) is 8.14. The van der Waals surface area contributed by atoms with E-state index in [0.29, 0.717) is 18.9 Å². The molecule has 3 rings (SSSR count). The Morgan fingerprint density at radius 3 is 2.71 bits per heavy atom. The van der Waals surface area contributed by atoms with Crippen molar-refractivity contribution in [3.8, 4) is 0 Å². The quantitative estimate of drug-likeness (QED) is 0.727. The number of nitrogens with one attached hydrogen (secondary N) is 2. The Morgan fingerprint density at radius 2 is 2.11 bits per heavy atom. The predicted octanol–water partition coefficient (Wildman–Crippen LogP) is 3.27. The number of H-pyrrole nitrogens is 1. The minimum Gasteiger partial charge on any atom is -0.444 e. The first-order valence-corrected chi connectivity index (χ1v) is 9.68. The van der Waals surface area contributed by atoms with Gasteiger partial charge in [0.25, 0.3) is 0 Å². The van der Waals surface area contributed by atoms with Gasteiger partial charge in [0.2, 0.25) is 0 Å². The van der Waals surface area contributed by atoms with Crippen molar-refractivity contribution in [2.75, 3.05) is 25.0 Å². The maximum atomic E-state index is 12.3. The Kier molecular flexibility index (Phi) is 6.18. The Balaban J connectivity index is 1.62. The van der Waals surface area contributed by atoms with Crippen LogP contribution in [-0.4, -0.2) is 56.6 Å². The highest BCUT2D eigenvalue weighted by molar-refractivity contribution is 5.68. The normalized spacial score (nSPS) is 16.6. The molecule has 0 aliphatic carbocycles. The molecule has 1 aliphatic heterocycles. The van der Waals surface area contributed by atoms with Crippen LogP contribution in [0.3, 0.4) is 0 Å². The van der Waals surface area contributed by atoms with Gasteiger partial charge in [-0.25, -0.2) is 9.78 Å². The number of rotatable bonds is 5. The van der Waals surface area contributed by atoms with Crippen LogP contribution >= 0.6 is 0 Å². The van der Waals surface area contributed by atoms with Gasteiger partial charge in [-0.2, -0.15) is 5.10 Å².